The van der Waals surface area contributed by atoms with Crippen LogP contribution in [0, 0.1) is 0 Å². The highest BCUT2D eigenvalue weighted by Crippen LogP contribution is 2.27. The standard InChI is InChI=1S/C10H15FO2/c1-3-10(13-8-12-2)6-4-5-9(11)7-10/h4,6-7H,3,5,8H2,1-2H3. The first-order valence-corrected chi connectivity index (χ1v) is 4.40. The van der Waals surface area contributed by atoms with Crippen molar-refractivity contribution in [1.82, 2.24) is 0 Å². The second-order valence-electron chi connectivity index (χ2n) is 3.06. The molecule has 0 radical (unpaired) electrons. The van der Waals surface area contributed by atoms with Crippen LogP contribution in [0.5, 0.6) is 0 Å². The first-order valence-electron chi connectivity index (χ1n) is 4.40. The van der Waals surface area contributed by atoms with Crippen LogP contribution in [0.2, 0.25) is 0 Å². The van der Waals surface area contributed by atoms with Gasteiger partial charge in [-0.3, -0.25) is 0 Å². The predicted octanol–water partition coefficient (Wildman–Crippen LogP) is 2.57. The lowest BCUT2D eigenvalue weighted by molar-refractivity contribution is -0.0896. The van der Waals surface area contributed by atoms with E-state index in [-0.39, 0.29) is 12.6 Å². The normalized spacial score (nSPS) is 27.5. The zero-order chi connectivity index (χ0) is 9.73. The summed E-state index contributed by atoms with van der Waals surface area (Å²) in [5, 5.41) is 0. The lowest BCUT2D eigenvalue weighted by atomic mass is 9.94. The molecule has 0 saturated carbocycles. The molecular weight excluding hydrogens is 171 g/mol. The Kier molecular flexibility index (Phi) is 3.63. The molecule has 3 heteroatoms. The van der Waals surface area contributed by atoms with Crippen LogP contribution < -0.4 is 0 Å². The molecule has 1 aliphatic rings. The molecule has 0 aliphatic heterocycles. The van der Waals surface area contributed by atoms with E-state index in [1.807, 2.05) is 13.0 Å². The second kappa shape index (κ2) is 4.53. The molecular formula is C10H15FO2. The molecule has 2 nitrogen and oxygen atoms in total. The minimum atomic E-state index is -0.599. The van der Waals surface area contributed by atoms with Gasteiger partial charge in [0.05, 0.1) is 0 Å². The van der Waals surface area contributed by atoms with E-state index in [1.54, 1.807) is 13.2 Å². The third-order valence-corrected chi connectivity index (χ3v) is 2.11. The molecule has 13 heavy (non-hydrogen) atoms. The van der Waals surface area contributed by atoms with Crippen LogP contribution in [0.4, 0.5) is 4.39 Å². The third kappa shape index (κ3) is 2.64. The molecule has 0 aromatic rings. The van der Waals surface area contributed by atoms with Gasteiger partial charge >= 0.3 is 0 Å². The van der Waals surface area contributed by atoms with Crippen molar-refractivity contribution < 1.29 is 13.9 Å². The van der Waals surface area contributed by atoms with Crippen LogP contribution in [-0.2, 0) is 9.47 Å². The Morgan fingerprint density at radius 2 is 2.38 bits per heavy atom. The van der Waals surface area contributed by atoms with Gasteiger partial charge in [-0.1, -0.05) is 19.1 Å². The summed E-state index contributed by atoms with van der Waals surface area (Å²) in [4.78, 5) is 0. The quantitative estimate of drug-likeness (QED) is 0.496. The van der Waals surface area contributed by atoms with Crippen LogP contribution in [0.25, 0.3) is 0 Å². The molecule has 0 amide bonds. The monoisotopic (exact) mass is 186 g/mol. The lowest BCUT2D eigenvalue weighted by Crippen LogP contribution is -2.29. The molecule has 1 unspecified atom stereocenters. The fourth-order valence-electron chi connectivity index (χ4n) is 1.32. The third-order valence-electron chi connectivity index (χ3n) is 2.11. The molecule has 0 heterocycles. The van der Waals surface area contributed by atoms with Gasteiger partial charge in [-0.25, -0.2) is 4.39 Å². The lowest BCUT2D eigenvalue weighted by Gasteiger charge is -2.28. The molecule has 0 fully saturated rings. The average Bonchev–Trinajstić information content (AvgIpc) is 2.15. The number of hydrogen-bond acceptors (Lipinski definition) is 2. The molecule has 0 N–H and O–H groups in total. The van der Waals surface area contributed by atoms with Gasteiger partial charge in [-0.05, 0) is 12.5 Å². The van der Waals surface area contributed by atoms with Crippen LogP contribution in [-0.4, -0.2) is 19.5 Å². The minimum Gasteiger partial charge on any atom is -0.359 e. The summed E-state index contributed by atoms with van der Waals surface area (Å²) in [7, 11) is 1.55. The van der Waals surface area contributed by atoms with Gasteiger partial charge in [0.15, 0.2) is 0 Å². The Morgan fingerprint density at radius 3 is 2.92 bits per heavy atom. The van der Waals surface area contributed by atoms with Crippen molar-refractivity contribution in [3.8, 4) is 0 Å². The average molecular weight is 186 g/mol. The van der Waals surface area contributed by atoms with Crippen LogP contribution >= 0.6 is 0 Å². The summed E-state index contributed by atoms with van der Waals surface area (Å²) in [6, 6.07) is 0. The topological polar surface area (TPSA) is 18.5 Å². The van der Waals surface area contributed by atoms with Gasteiger partial charge in [0.25, 0.3) is 0 Å². The summed E-state index contributed by atoms with van der Waals surface area (Å²) >= 11 is 0. The smallest absolute Gasteiger partial charge is 0.147 e. The number of ether oxygens (including phenoxy) is 2. The fourth-order valence-corrected chi connectivity index (χ4v) is 1.32. The molecule has 1 rings (SSSR count). The molecule has 0 aromatic carbocycles. The number of hydrogen-bond donors (Lipinski definition) is 0. The Morgan fingerprint density at radius 1 is 1.62 bits per heavy atom. The second-order valence-corrected chi connectivity index (χ2v) is 3.06. The maximum atomic E-state index is 13.0. The van der Waals surface area contributed by atoms with Gasteiger partial charge in [-0.2, -0.15) is 0 Å². The Balaban J connectivity index is 2.67. The van der Waals surface area contributed by atoms with Crippen LogP contribution in [0.15, 0.2) is 24.1 Å². The molecule has 1 atom stereocenters. The highest BCUT2D eigenvalue weighted by atomic mass is 19.1. The van der Waals surface area contributed by atoms with E-state index in [4.69, 9.17) is 9.47 Å². The van der Waals surface area contributed by atoms with Crippen molar-refractivity contribution >= 4 is 0 Å². The number of methoxy groups -OCH3 is 1. The highest BCUT2D eigenvalue weighted by molar-refractivity contribution is 5.23. The van der Waals surface area contributed by atoms with E-state index in [2.05, 4.69) is 0 Å². The summed E-state index contributed by atoms with van der Waals surface area (Å²) in [6.45, 7) is 2.14. The summed E-state index contributed by atoms with van der Waals surface area (Å²) in [5.74, 6) is -0.138. The van der Waals surface area contributed by atoms with E-state index in [9.17, 15) is 4.39 Å². The molecule has 1 aliphatic carbocycles. The first-order chi connectivity index (χ1) is 6.22. The van der Waals surface area contributed by atoms with Crippen LogP contribution in [0.1, 0.15) is 19.8 Å². The zero-order valence-corrected chi connectivity index (χ0v) is 8.05. The Labute approximate surface area is 78.0 Å². The van der Waals surface area contributed by atoms with E-state index in [0.717, 1.165) is 0 Å². The van der Waals surface area contributed by atoms with Crippen molar-refractivity contribution in [3.63, 3.8) is 0 Å². The fraction of sp³-hybridized carbons (Fsp3) is 0.600. The van der Waals surface area contributed by atoms with E-state index < -0.39 is 5.60 Å². The first kappa shape index (κ1) is 10.4. The van der Waals surface area contributed by atoms with Crippen molar-refractivity contribution in [2.24, 2.45) is 0 Å². The summed E-state index contributed by atoms with van der Waals surface area (Å²) in [6.07, 6.45) is 6.27. The number of halogens is 1. The van der Waals surface area contributed by atoms with Crippen LogP contribution in [0.3, 0.4) is 0 Å². The van der Waals surface area contributed by atoms with E-state index in [0.29, 0.717) is 12.8 Å². The zero-order valence-electron chi connectivity index (χ0n) is 8.05. The van der Waals surface area contributed by atoms with E-state index >= 15 is 0 Å². The number of allylic oxidation sites excluding steroid dienone is 2. The van der Waals surface area contributed by atoms with Gasteiger partial charge in [0, 0.05) is 13.5 Å². The molecule has 0 saturated heterocycles. The minimum absolute atomic E-state index is 0.138. The van der Waals surface area contributed by atoms with Crippen molar-refractivity contribution in [2.75, 3.05) is 13.9 Å². The largest absolute Gasteiger partial charge is 0.359 e. The predicted molar refractivity (Wildman–Crippen MR) is 48.9 cm³/mol. The van der Waals surface area contributed by atoms with Crippen molar-refractivity contribution in [2.45, 2.75) is 25.4 Å². The Hall–Kier alpha value is -0.670. The molecule has 0 bridgehead atoms. The van der Waals surface area contributed by atoms with Gasteiger partial charge in [0.1, 0.15) is 18.2 Å². The summed E-state index contributed by atoms with van der Waals surface area (Å²) in [5.41, 5.74) is -0.599. The van der Waals surface area contributed by atoms with E-state index in [1.165, 1.54) is 6.08 Å². The van der Waals surface area contributed by atoms with Crippen molar-refractivity contribution in [1.29, 1.82) is 0 Å². The van der Waals surface area contributed by atoms with Gasteiger partial charge < -0.3 is 9.47 Å². The molecule has 0 aromatic heterocycles. The molecule has 0 spiro atoms. The highest BCUT2D eigenvalue weighted by Gasteiger charge is 2.26. The SMILES string of the molecule is CCC1(OCOC)C=CCC(F)=C1. The number of rotatable bonds is 4. The maximum absolute atomic E-state index is 13.0. The Bertz CT molecular complexity index is 223. The molecule has 74 valence electrons. The van der Waals surface area contributed by atoms with Gasteiger partial charge in [-0.15, -0.1) is 0 Å². The van der Waals surface area contributed by atoms with Gasteiger partial charge in [0.2, 0.25) is 0 Å². The maximum Gasteiger partial charge on any atom is 0.147 e. The summed E-state index contributed by atoms with van der Waals surface area (Å²) < 4.78 is 23.2. The van der Waals surface area contributed by atoms with Crippen molar-refractivity contribution in [3.05, 3.63) is 24.1 Å².